The van der Waals surface area contributed by atoms with Crippen LogP contribution in [0.3, 0.4) is 0 Å². The van der Waals surface area contributed by atoms with Crippen LogP contribution in [0, 0.1) is 23.7 Å². The molecule has 0 aliphatic rings. The number of amides is 2. The number of unbranched alkanes of at least 4 members (excludes halogenated alkanes) is 6. The van der Waals surface area contributed by atoms with Crippen molar-refractivity contribution in [1.29, 1.82) is 0 Å². The van der Waals surface area contributed by atoms with E-state index < -0.39 is 47.5 Å². The van der Waals surface area contributed by atoms with Crippen LogP contribution in [0.5, 0.6) is 0 Å². The number of carboxylic acid groups (broad SMARTS) is 4. The molecule has 6 unspecified atom stereocenters. The zero-order valence-corrected chi connectivity index (χ0v) is 39.6. The zero-order valence-electron chi connectivity index (χ0n) is 37.4. The minimum Gasteiger partial charge on any atom is -0.550 e. The first kappa shape index (κ1) is 61.2. The van der Waals surface area contributed by atoms with E-state index in [4.69, 9.17) is 0 Å². The van der Waals surface area contributed by atoms with Gasteiger partial charge in [0.05, 0.1) is 77.5 Å². The molecular weight excluding hydrogens is 793 g/mol. The second-order valence-corrected chi connectivity index (χ2v) is 15.8. The smallest absolute Gasteiger partial charge is 0.550 e. The summed E-state index contributed by atoms with van der Waals surface area (Å²) in [5, 5.41) is 66.9. The van der Waals surface area contributed by atoms with Gasteiger partial charge < -0.3 is 59.8 Å². The molecule has 0 aliphatic heterocycles. The molecule has 0 aromatic heterocycles. The van der Waals surface area contributed by atoms with Crippen LogP contribution in [0.2, 0.25) is 0 Å². The first-order valence-electron chi connectivity index (χ1n) is 21.8. The third-order valence-corrected chi connectivity index (χ3v) is 11.2. The molecule has 0 aromatic carbocycles. The average Bonchev–Trinajstić information content (AvgIpc) is 3.17. The molecule has 17 heteroatoms. The number of quaternary nitrogens is 2. The summed E-state index contributed by atoms with van der Waals surface area (Å²) in [7, 11) is 0. The van der Waals surface area contributed by atoms with Crippen molar-refractivity contribution in [3.05, 3.63) is 0 Å². The number of carbonyl (C=O) groups is 6. The van der Waals surface area contributed by atoms with Gasteiger partial charge in [-0.2, -0.15) is 0 Å². The third-order valence-electron chi connectivity index (χ3n) is 11.2. The Bertz CT molecular complexity index is 1040. The van der Waals surface area contributed by atoms with Crippen molar-refractivity contribution in [2.45, 2.75) is 131 Å². The van der Waals surface area contributed by atoms with E-state index in [0.717, 1.165) is 51.4 Å². The van der Waals surface area contributed by atoms with Crippen LogP contribution in [0.4, 0.5) is 0 Å². The molecule has 0 radical (unpaired) electrons. The van der Waals surface area contributed by atoms with Crippen LogP contribution in [0.25, 0.3) is 0 Å². The fourth-order valence-corrected chi connectivity index (χ4v) is 7.37. The number of rotatable bonds is 36. The fourth-order valence-electron chi connectivity index (χ4n) is 7.37. The number of carboxylic acids is 4. The van der Waals surface area contributed by atoms with E-state index in [1.165, 1.54) is 0 Å². The molecule has 0 saturated heterocycles. The summed E-state index contributed by atoms with van der Waals surface area (Å²) in [5.41, 5.74) is 0. The van der Waals surface area contributed by atoms with Crippen LogP contribution >= 0.6 is 0 Å². The Morgan fingerprint density at radius 3 is 1.03 bits per heavy atom. The molecule has 0 fully saturated rings. The minimum atomic E-state index is -1.17. The van der Waals surface area contributed by atoms with Crippen molar-refractivity contribution in [2.24, 2.45) is 23.7 Å². The Kier molecular flexibility index (Phi) is 37.9. The van der Waals surface area contributed by atoms with Gasteiger partial charge >= 0.3 is 49.7 Å². The Hall–Kier alpha value is -2.08. The quantitative estimate of drug-likeness (QED) is 0.0295. The van der Waals surface area contributed by atoms with Crippen molar-refractivity contribution in [3.8, 4) is 0 Å². The number of nitrogens with one attached hydrogen (secondary N) is 2. The molecule has 0 bridgehead atoms. The van der Waals surface area contributed by atoms with E-state index in [0.29, 0.717) is 64.7 Å². The number of aliphatic hydroxyl groups is 2. The largest absolute Gasteiger partial charge is 2.00 e. The number of nitrogens with zero attached hydrogens (tertiary/aromatic N) is 2. The molecule has 340 valence electrons. The van der Waals surface area contributed by atoms with Crippen LogP contribution in [0.1, 0.15) is 131 Å². The van der Waals surface area contributed by atoms with Crippen molar-refractivity contribution in [1.82, 2.24) is 10.6 Å². The minimum absolute atomic E-state index is 0. The maximum atomic E-state index is 12.1. The Balaban J connectivity index is -0.00000105. The monoisotopic (exact) mass is 873 g/mol. The third kappa shape index (κ3) is 28.2. The van der Waals surface area contributed by atoms with Gasteiger partial charge in [0.15, 0.2) is 0 Å². The van der Waals surface area contributed by atoms with Gasteiger partial charge in [0.25, 0.3) is 0 Å². The molecular formula is C42H80CaN4O12+2. The second-order valence-electron chi connectivity index (χ2n) is 15.8. The molecule has 6 N–H and O–H groups in total. The van der Waals surface area contributed by atoms with Gasteiger partial charge in [-0.15, -0.1) is 0 Å². The van der Waals surface area contributed by atoms with Crippen molar-refractivity contribution in [3.63, 3.8) is 0 Å². The Labute approximate surface area is 384 Å². The van der Waals surface area contributed by atoms with E-state index in [-0.39, 0.29) is 111 Å². The Morgan fingerprint density at radius 1 is 0.492 bits per heavy atom. The number of carbonyl (C=O) groups excluding carboxylic acids is 4. The summed E-state index contributed by atoms with van der Waals surface area (Å²) in [6, 6.07) is 0. The standard InChI is InChI=1S/2C21H40N2O6.Ca/c2*1-4-7-8-9-10-19(25)22-11-12-23(13-14-24,15-17(5-2)20(26)27)16-18(6-3)21(28)29;/h2*17-18,24H,4-16H2,1-3H3,(H2-,22,25,26,27,28,29);/q;;+2. The predicted molar refractivity (Wildman–Crippen MR) is 223 cm³/mol. The molecule has 6 atom stereocenters. The Morgan fingerprint density at radius 2 is 0.797 bits per heavy atom. The van der Waals surface area contributed by atoms with E-state index in [1.54, 1.807) is 27.7 Å². The van der Waals surface area contributed by atoms with Gasteiger partial charge in [0.2, 0.25) is 11.8 Å². The predicted octanol–water partition coefficient (Wildman–Crippen LogP) is 1.16. The van der Waals surface area contributed by atoms with Gasteiger partial charge in [-0.05, 0) is 38.5 Å². The number of aliphatic hydroxyl groups excluding tert-OH is 2. The van der Waals surface area contributed by atoms with Crippen LogP contribution in [-0.2, 0) is 28.8 Å². The molecule has 2 amide bonds. The average molecular weight is 873 g/mol. The molecule has 0 saturated carbocycles. The van der Waals surface area contributed by atoms with Gasteiger partial charge in [0.1, 0.15) is 24.9 Å². The number of hydrogen-bond donors (Lipinski definition) is 6. The van der Waals surface area contributed by atoms with Crippen LogP contribution in [0.15, 0.2) is 0 Å². The topological polar surface area (TPSA) is 254 Å². The van der Waals surface area contributed by atoms with Gasteiger partial charge in [-0.25, -0.2) is 0 Å². The van der Waals surface area contributed by atoms with E-state index in [1.807, 2.05) is 0 Å². The summed E-state index contributed by atoms with van der Waals surface area (Å²) < 4.78 is 0.258. The van der Waals surface area contributed by atoms with Gasteiger partial charge in [0, 0.05) is 24.7 Å². The molecule has 0 spiro atoms. The van der Waals surface area contributed by atoms with E-state index in [9.17, 15) is 59.4 Å². The molecule has 0 rings (SSSR count). The summed E-state index contributed by atoms with van der Waals surface area (Å²) in [4.78, 5) is 70.3. The summed E-state index contributed by atoms with van der Waals surface area (Å²) in [6.07, 6.45) is 10.5. The molecule has 0 aromatic rings. The molecule has 0 aliphatic carbocycles. The van der Waals surface area contributed by atoms with Crippen molar-refractivity contribution < 1.29 is 68.4 Å². The fraction of sp³-hybridized carbons (Fsp3) is 0.857. The summed E-state index contributed by atoms with van der Waals surface area (Å²) in [6.45, 7) is 13.5. The number of aliphatic carboxylic acids is 4. The maximum absolute atomic E-state index is 12.1. The van der Waals surface area contributed by atoms with E-state index in [2.05, 4.69) is 24.5 Å². The second kappa shape index (κ2) is 36.6. The van der Waals surface area contributed by atoms with Crippen LogP contribution < -0.4 is 20.8 Å². The van der Waals surface area contributed by atoms with E-state index >= 15 is 0 Å². The van der Waals surface area contributed by atoms with Gasteiger partial charge in [-0.1, -0.05) is 80.1 Å². The first-order chi connectivity index (χ1) is 27.5. The zero-order chi connectivity index (χ0) is 44.6. The molecule has 0 heterocycles. The summed E-state index contributed by atoms with van der Waals surface area (Å²) >= 11 is 0. The van der Waals surface area contributed by atoms with Crippen molar-refractivity contribution in [2.75, 3.05) is 78.7 Å². The normalized spacial score (nSPS) is 15.1. The SMILES string of the molecule is CCCCCCC(=O)NCC[N+](CCO)(CC(CC)C(=O)[O-])CC(CC)C(=O)O.CCCCCCC(=O)NCC[N+](CCO)(CC(CC)C(=O)[O-])CC(CC)C(=O)O.[Ca+2]. The number of hydrogen-bond acceptors (Lipinski definition) is 10. The maximum Gasteiger partial charge on any atom is 2.00 e. The summed E-state index contributed by atoms with van der Waals surface area (Å²) in [5.74, 6) is -7.09. The van der Waals surface area contributed by atoms with Crippen LogP contribution in [-0.4, -0.2) is 181 Å². The molecule has 59 heavy (non-hydrogen) atoms. The van der Waals surface area contributed by atoms with Crippen molar-refractivity contribution >= 4 is 73.4 Å². The first-order valence-corrected chi connectivity index (χ1v) is 21.8. The van der Waals surface area contributed by atoms with Gasteiger partial charge in [-0.3, -0.25) is 19.2 Å². The molecule has 16 nitrogen and oxygen atoms in total.